The van der Waals surface area contributed by atoms with Crippen molar-refractivity contribution in [2.75, 3.05) is 6.54 Å². The highest BCUT2D eigenvalue weighted by atomic mass is 19.1. The lowest BCUT2D eigenvalue weighted by Crippen LogP contribution is -2.32. The van der Waals surface area contributed by atoms with Crippen molar-refractivity contribution in [1.82, 2.24) is 9.88 Å². The van der Waals surface area contributed by atoms with Crippen LogP contribution in [0.1, 0.15) is 16.1 Å². The number of aromatic nitrogens is 1. The van der Waals surface area contributed by atoms with Gasteiger partial charge in [0.1, 0.15) is 5.82 Å². The summed E-state index contributed by atoms with van der Waals surface area (Å²) in [6.45, 7) is 0.623. The minimum atomic E-state index is -0.276. The first kappa shape index (κ1) is 9.39. The van der Waals surface area contributed by atoms with Crippen LogP contribution in [0.2, 0.25) is 0 Å². The fraction of sp³-hybridized carbons (Fsp3) is 0.250. The molecule has 1 aliphatic rings. The van der Waals surface area contributed by atoms with Crippen molar-refractivity contribution in [3.05, 3.63) is 35.3 Å². The van der Waals surface area contributed by atoms with Crippen LogP contribution in [-0.4, -0.2) is 17.0 Å². The number of amides is 1. The topological polar surface area (TPSA) is 34.0 Å². The third-order valence-electron chi connectivity index (χ3n) is 3.16. The highest BCUT2D eigenvalue weighted by Crippen LogP contribution is 2.29. The first-order valence-corrected chi connectivity index (χ1v) is 5.24. The second kappa shape index (κ2) is 3.07. The summed E-state index contributed by atoms with van der Waals surface area (Å²) in [4.78, 5) is 11.8. The van der Waals surface area contributed by atoms with E-state index in [0.29, 0.717) is 23.0 Å². The predicted octanol–water partition coefficient (Wildman–Crippen LogP) is 1.60. The summed E-state index contributed by atoms with van der Waals surface area (Å²) >= 11 is 0. The second-order valence-electron chi connectivity index (χ2n) is 4.02. The Balaban J connectivity index is 2.49. The molecule has 1 aromatic carbocycles. The average Bonchev–Trinajstić information content (AvgIpc) is 2.56. The number of aryl methyl sites for hydroxylation is 1. The fourth-order valence-corrected chi connectivity index (χ4v) is 2.44. The molecule has 3 rings (SSSR count). The molecule has 1 aromatic heterocycles. The minimum absolute atomic E-state index is 0.0996. The monoisotopic (exact) mass is 218 g/mol. The molecule has 16 heavy (non-hydrogen) atoms. The molecule has 0 spiro atoms. The largest absolute Gasteiger partial charge is 0.352 e. The van der Waals surface area contributed by atoms with Crippen molar-refractivity contribution >= 4 is 16.8 Å². The molecular weight excluding hydrogens is 207 g/mol. The molecule has 0 fully saturated rings. The zero-order valence-electron chi connectivity index (χ0n) is 8.88. The second-order valence-corrected chi connectivity index (χ2v) is 4.02. The molecule has 0 saturated heterocycles. The maximum Gasteiger partial charge on any atom is 0.253 e. The van der Waals surface area contributed by atoms with E-state index in [-0.39, 0.29) is 11.7 Å². The summed E-state index contributed by atoms with van der Waals surface area (Å²) in [5.74, 6) is -0.375. The van der Waals surface area contributed by atoms with Crippen molar-refractivity contribution < 1.29 is 9.18 Å². The van der Waals surface area contributed by atoms with E-state index in [0.717, 1.165) is 12.1 Å². The number of hydrogen-bond acceptors (Lipinski definition) is 1. The molecule has 3 nitrogen and oxygen atoms in total. The zero-order chi connectivity index (χ0) is 11.3. The molecular formula is C12H11FN2O. The van der Waals surface area contributed by atoms with Gasteiger partial charge in [-0.25, -0.2) is 4.39 Å². The lowest BCUT2D eigenvalue weighted by molar-refractivity contribution is 0.0947. The average molecular weight is 218 g/mol. The molecule has 0 unspecified atom stereocenters. The van der Waals surface area contributed by atoms with E-state index in [2.05, 4.69) is 5.32 Å². The van der Waals surface area contributed by atoms with E-state index in [9.17, 15) is 9.18 Å². The normalized spacial score (nSPS) is 15.0. The number of carbonyl (C=O) groups excluding carboxylic acids is 1. The Kier molecular flexibility index (Phi) is 1.80. The Labute approximate surface area is 91.9 Å². The molecule has 82 valence electrons. The van der Waals surface area contributed by atoms with Gasteiger partial charge in [-0.15, -0.1) is 0 Å². The number of benzene rings is 1. The van der Waals surface area contributed by atoms with Crippen molar-refractivity contribution in [3.63, 3.8) is 0 Å². The summed E-state index contributed by atoms with van der Waals surface area (Å²) in [7, 11) is 1.81. The Morgan fingerprint density at radius 3 is 3.06 bits per heavy atom. The van der Waals surface area contributed by atoms with Crippen molar-refractivity contribution in [2.45, 2.75) is 6.42 Å². The van der Waals surface area contributed by atoms with Gasteiger partial charge in [0.15, 0.2) is 0 Å². The van der Waals surface area contributed by atoms with Gasteiger partial charge >= 0.3 is 0 Å². The molecule has 4 heteroatoms. The van der Waals surface area contributed by atoms with Crippen molar-refractivity contribution in [1.29, 1.82) is 0 Å². The first-order chi connectivity index (χ1) is 7.70. The van der Waals surface area contributed by atoms with E-state index in [4.69, 9.17) is 0 Å². The van der Waals surface area contributed by atoms with Gasteiger partial charge < -0.3 is 9.88 Å². The van der Waals surface area contributed by atoms with Gasteiger partial charge in [0.05, 0.1) is 11.1 Å². The Hall–Kier alpha value is -1.84. The van der Waals surface area contributed by atoms with Crippen LogP contribution in [0, 0.1) is 5.82 Å². The van der Waals surface area contributed by atoms with Gasteiger partial charge in [0.2, 0.25) is 0 Å². The maximum absolute atomic E-state index is 13.7. The van der Waals surface area contributed by atoms with Crippen LogP contribution >= 0.6 is 0 Å². The summed E-state index contributed by atoms with van der Waals surface area (Å²) in [5, 5.41) is 3.49. The molecule has 0 atom stereocenters. The lowest BCUT2D eigenvalue weighted by atomic mass is 10.1. The molecule has 2 aromatic rings. The van der Waals surface area contributed by atoms with E-state index in [1.807, 2.05) is 7.05 Å². The van der Waals surface area contributed by atoms with E-state index < -0.39 is 0 Å². The fourth-order valence-electron chi connectivity index (χ4n) is 2.44. The predicted molar refractivity (Wildman–Crippen MR) is 58.9 cm³/mol. The Bertz CT molecular complexity index is 601. The third kappa shape index (κ3) is 1.04. The number of halogens is 1. The Morgan fingerprint density at radius 1 is 1.44 bits per heavy atom. The van der Waals surface area contributed by atoms with E-state index >= 15 is 0 Å². The van der Waals surface area contributed by atoms with Crippen molar-refractivity contribution in [3.8, 4) is 0 Å². The van der Waals surface area contributed by atoms with Gasteiger partial charge in [0.25, 0.3) is 5.91 Å². The lowest BCUT2D eigenvalue weighted by Gasteiger charge is -2.14. The molecule has 0 bridgehead atoms. The van der Waals surface area contributed by atoms with Gasteiger partial charge in [-0.2, -0.15) is 0 Å². The highest BCUT2D eigenvalue weighted by Gasteiger charge is 2.25. The number of nitrogens with zero attached hydrogens (tertiary/aromatic N) is 1. The zero-order valence-corrected chi connectivity index (χ0v) is 8.88. The summed E-state index contributed by atoms with van der Waals surface area (Å²) in [6.07, 6.45) is 0.756. The number of para-hydroxylation sites is 1. The molecule has 2 heterocycles. The molecule has 1 amide bonds. The number of fused-ring (bicyclic) bond motifs is 3. The Morgan fingerprint density at radius 2 is 2.25 bits per heavy atom. The number of nitrogens with one attached hydrogen (secondary N) is 1. The highest BCUT2D eigenvalue weighted by molar-refractivity contribution is 6.09. The summed E-state index contributed by atoms with van der Waals surface area (Å²) in [6, 6.07) is 4.85. The summed E-state index contributed by atoms with van der Waals surface area (Å²) in [5.41, 5.74) is 2.07. The van der Waals surface area contributed by atoms with Crippen LogP contribution in [-0.2, 0) is 13.5 Å². The van der Waals surface area contributed by atoms with Crippen LogP contribution in [0.3, 0.4) is 0 Å². The van der Waals surface area contributed by atoms with Gasteiger partial charge in [-0.3, -0.25) is 4.79 Å². The van der Waals surface area contributed by atoms with E-state index in [1.165, 1.54) is 6.07 Å². The SMILES string of the molecule is Cn1c2c(c3cccc(F)c31)C(=O)NCC2. The van der Waals surface area contributed by atoms with Crippen LogP contribution in [0.15, 0.2) is 18.2 Å². The quantitative estimate of drug-likeness (QED) is 0.716. The maximum atomic E-state index is 13.7. The number of hydrogen-bond donors (Lipinski definition) is 1. The molecule has 0 saturated carbocycles. The standard InChI is InChI=1S/C12H11FN2O/c1-15-9-5-6-14-12(16)10(9)7-3-2-4-8(13)11(7)15/h2-4H,5-6H2,1H3,(H,14,16). The molecule has 0 radical (unpaired) electrons. The van der Waals surface area contributed by atoms with Crippen LogP contribution in [0.25, 0.3) is 10.9 Å². The number of rotatable bonds is 0. The molecule has 1 aliphatic heterocycles. The molecule has 0 aliphatic carbocycles. The van der Waals surface area contributed by atoms with Gasteiger partial charge in [0, 0.05) is 31.1 Å². The smallest absolute Gasteiger partial charge is 0.253 e. The number of carbonyl (C=O) groups is 1. The van der Waals surface area contributed by atoms with Crippen molar-refractivity contribution in [2.24, 2.45) is 7.05 Å². The van der Waals surface area contributed by atoms with E-state index in [1.54, 1.807) is 16.7 Å². The third-order valence-corrected chi connectivity index (χ3v) is 3.16. The first-order valence-electron chi connectivity index (χ1n) is 5.24. The van der Waals surface area contributed by atoms with Crippen LogP contribution < -0.4 is 5.32 Å². The van der Waals surface area contributed by atoms with Gasteiger partial charge in [-0.05, 0) is 6.07 Å². The van der Waals surface area contributed by atoms with Crippen LogP contribution in [0.4, 0.5) is 4.39 Å². The van der Waals surface area contributed by atoms with Gasteiger partial charge in [-0.1, -0.05) is 12.1 Å². The summed E-state index contributed by atoms with van der Waals surface area (Å²) < 4.78 is 15.5. The minimum Gasteiger partial charge on any atom is -0.352 e. The van der Waals surface area contributed by atoms with Crippen LogP contribution in [0.5, 0.6) is 0 Å². The molecule has 1 N–H and O–H groups in total.